The molecule has 1 amide bonds. The number of anilines is 1. The number of benzene rings is 1. The lowest BCUT2D eigenvalue weighted by atomic mass is 10.1. The number of amides is 1. The number of aromatic nitrogens is 3. The molecular formula is C14H13N5O5S2. The van der Waals surface area contributed by atoms with Crippen molar-refractivity contribution in [1.29, 1.82) is 0 Å². The maximum atomic E-state index is 12.6. The molecule has 0 fully saturated rings. The first kappa shape index (κ1) is 18.0. The maximum absolute atomic E-state index is 12.6. The van der Waals surface area contributed by atoms with Crippen LogP contribution in [0.1, 0.15) is 17.3 Å². The summed E-state index contributed by atoms with van der Waals surface area (Å²) >= 11 is 0.531. The molecule has 0 atom stereocenters. The Kier molecular flexibility index (Phi) is 4.48. The van der Waals surface area contributed by atoms with E-state index in [4.69, 9.17) is 5.14 Å². The van der Waals surface area contributed by atoms with Crippen molar-refractivity contribution in [3.63, 3.8) is 0 Å². The zero-order valence-corrected chi connectivity index (χ0v) is 15.0. The van der Waals surface area contributed by atoms with Gasteiger partial charge in [0.1, 0.15) is 11.3 Å². The number of pyridine rings is 1. The van der Waals surface area contributed by atoms with Gasteiger partial charge in [-0.25, -0.2) is 13.6 Å². The average molecular weight is 395 g/mol. The van der Waals surface area contributed by atoms with Crippen LogP contribution < -0.4 is 16.0 Å². The summed E-state index contributed by atoms with van der Waals surface area (Å²) in [7, 11) is -4.06. The first-order valence-corrected chi connectivity index (χ1v) is 9.62. The van der Waals surface area contributed by atoms with E-state index in [1.807, 2.05) is 0 Å². The van der Waals surface area contributed by atoms with E-state index in [1.165, 1.54) is 4.57 Å². The Morgan fingerprint density at radius 3 is 2.65 bits per heavy atom. The van der Waals surface area contributed by atoms with Crippen LogP contribution in [0.2, 0.25) is 0 Å². The number of para-hydroxylation sites is 1. The van der Waals surface area contributed by atoms with Gasteiger partial charge >= 0.3 is 0 Å². The molecule has 0 unspecified atom stereocenters. The molecule has 12 heteroatoms. The Morgan fingerprint density at radius 1 is 1.35 bits per heavy atom. The van der Waals surface area contributed by atoms with E-state index >= 15 is 0 Å². The number of primary sulfonamides is 1. The lowest BCUT2D eigenvalue weighted by Crippen LogP contribution is -2.29. The summed E-state index contributed by atoms with van der Waals surface area (Å²) in [5, 5.41) is 24.6. The van der Waals surface area contributed by atoms with Crippen LogP contribution in [0.4, 0.5) is 5.13 Å². The van der Waals surface area contributed by atoms with Gasteiger partial charge in [-0.3, -0.25) is 14.9 Å². The molecule has 4 N–H and O–H groups in total. The molecule has 1 aromatic carbocycles. The van der Waals surface area contributed by atoms with Crippen molar-refractivity contribution in [3.8, 4) is 5.75 Å². The second-order valence-corrected chi connectivity index (χ2v) is 7.88. The van der Waals surface area contributed by atoms with Gasteiger partial charge in [0.2, 0.25) is 9.47 Å². The van der Waals surface area contributed by atoms with Gasteiger partial charge in [-0.05, 0) is 19.1 Å². The molecule has 26 heavy (non-hydrogen) atoms. The third kappa shape index (κ3) is 3.05. The predicted molar refractivity (Wildman–Crippen MR) is 94.8 cm³/mol. The molecule has 0 aliphatic carbocycles. The minimum Gasteiger partial charge on any atom is -0.506 e. The van der Waals surface area contributed by atoms with Crippen molar-refractivity contribution in [3.05, 3.63) is 40.2 Å². The Balaban J connectivity index is 2.09. The van der Waals surface area contributed by atoms with E-state index in [0.717, 1.165) is 0 Å². The quantitative estimate of drug-likeness (QED) is 0.542. The number of nitrogens with one attached hydrogen (secondary N) is 1. The summed E-state index contributed by atoms with van der Waals surface area (Å²) in [5.74, 6) is -1.40. The number of hydrogen-bond donors (Lipinski definition) is 3. The number of aryl methyl sites for hydroxylation is 1. The molecule has 2 heterocycles. The molecule has 3 aromatic rings. The Bertz CT molecular complexity index is 1180. The normalized spacial score (nSPS) is 11.6. The van der Waals surface area contributed by atoms with Gasteiger partial charge in [-0.1, -0.05) is 23.5 Å². The van der Waals surface area contributed by atoms with Gasteiger partial charge in [0.15, 0.2) is 0 Å². The first-order valence-electron chi connectivity index (χ1n) is 7.26. The number of fused-ring (bicyclic) bond motifs is 1. The molecule has 136 valence electrons. The lowest BCUT2D eigenvalue weighted by molar-refractivity contribution is 0.102. The molecule has 0 saturated heterocycles. The van der Waals surface area contributed by atoms with Crippen LogP contribution in [0.25, 0.3) is 10.9 Å². The molecule has 10 nitrogen and oxygen atoms in total. The van der Waals surface area contributed by atoms with Crippen LogP contribution in [0.5, 0.6) is 5.75 Å². The fourth-order valence-corrected chi connectivity index (χ4v) is 3.77. The van der Waals surface area contributed by atoms with Crippen LogP contribution >= 0.6 is 11.3 Å². The SMILES string of the molecule is CCn1c(=O)c(C(=O)Nc2nnc(S(N)(=O)=O)s2)c(O)c2ccccc21. The molecule has 2 aromatic heterocycles. The van der Waals surface area contributed by atoms with Crippen LogP contribution in [-0.4, -0.2) is 34.2 Å². The van der Waals surface area contributed by atoms with Crippen molar-refractivity contribution in [1.82, 2.24) is 14.8 Å². The van der Waals surface area contributed by atoms with Crippen molar-refractivity contribution in [2.24, 2.45) is 5.14 Å². The first-order chi connectivity index (χ1) is 12.2. The lowest BCUT2D eigenvalue weighted by Gasteiger charge is -2.12. The average Bonchev–Trinajstić information content (AvgIpc) is 3.04. The number of hydrogen-bond acceptors (Lipinski definition) is 8. The van der Waals surface area contributed by atoms with E-state index in [0.29, 0.717) is 22.2 Å². The largest absolute Gasteiger partial charge is 0.506 e. The van der Waals surface area contributed by atoms with Gasteiger partial charge in [0.05, 0.1) is 5.52 Å². The molecule has 0 aliphatic heterocycles. The second-order valence-electron chi connectivity index (χ2n) is 5.16. The van der Waals surface area contributed by atoms with Crippen LogP contribution in [0.15, 0.2) is 33.4 Å². The molecule has 0 spiro atoms. The highest BCUT2D eigenvalue weighted by atomic mass is 32.2. The number of carbonyl (C=O) groups is 1. The highest BCUT2D eigenvalue weighted by Crippen LogP contribution is 2.27. The standard InChI is InChI=1S/C14H13N5O5S2/c1-2-19-8-6-4-3-5-7(8)10(20)9(12(19)22)11(21)16-13-17-18-14(25-13)26(15,23)24/h3-6,20H,2H2,1H3,(H2,15,23,24)(H,16,17,21). The number of sulfonamides is 1. The highest BCUT2D eigenvalue weighted by molar-refractivity contribution is 7.91. The van der Waals surface area contributed by atoms with E-state index in [9.17, 15) is 23.1 Å². The van der Waals surface area contributed by atoms with Gasteiger partial charge in [0.25, 0.3) is 21.5 Å². The molecule has 3 rings (SSSR count). The van der Waals surface area contributed by atoms with Crippen molar-refractivity contribution < 1.29 is 18.3 Å². The molecule has 0 bridgehead atoms. The third-order valence-corrected chi connectivity index (χ3v) is 5.71. The monoisotopic (exact) mass is 395 g/mol. The second kappa shape index (κ2) is 6.48. The van der Waals surface area contributed by atoms with Gasteiger partial charge in [-0.15, -0.1) is 10.2 Å². The summed E-state index contributed by atoms with van der Waals surface area (Å²) in [6.45, 7) is 2.02. The number of nitrogens with zero attached hydrogens (tertiary/aromatic N) is 3. The smallest absolute Gasteiger partial charge is 0.267 e. The van der Waals surface area contributed by atoms with Crippen LogP contribution in [0, 0.1) is 0 Å². The summed E-state index contributed by atoms with van der Waals surface area (Å²) in [6, 6.07) is 6.61. The van der Waals surface area contributed by atoms with Crippen molar-refractivity contribution >= 4 is 43.3 Å². The molecular weight excluding hydrogens is 382 g/mol. The van der Waals surface area contributed by atoms with Crippen molar-refractivity contribution in [2.45, 2.75) is 17.8 Å². The van der Waals surface area contributed by atoms with E-state index < -0.39 is 37.1 Å². The summed E-state index contributed by atoms with van der Waals surface area (Å²) in [4.78, 5) is 25.1. The van der Waals surface area contributed by atoms with Crippen LogP contribution in [0.3, 0.4) is 0 Å². The number of aromatic hydroxyl groups is 1. The highest BCUT2D eigenvalue weighted by Gasteiger charge is 2.23. The fraction of sp³-hybridized carbons (Fsp3) is 0.143. The molecule has 0 aliphatic rings. The Labute approximate surface area is 151 Å². The Hall–Kier alpha value is -2.83. The topological polar surface area (TPSA) is 157 Å². The fourth-order valence-electron chi connectivity index (χ4n) is 2.44. The summed E-state index contributed by atoms with van der Waals surface area (Å²) in [6.07, 6.45) is 0. The minimum absolute atomic E-state index is 0.172. The third-order valence-electron chi connectivity index (χ3n) is 3.56. The summed E-state index contributed by atoms with van der Waals surface area (Å²) < 4.78 is 23.3. The van der Waals surface area contributed by atoms with E-state index in [1.54, 1.807) is 31.2 Å². The number of nitrogens with two attached hydrogens (primary N) is 1. The van der Waals surface area contributed by atoms with Gasteiger partial charge in [-0.2, -0.15) is 0 Å². The molecule has 0 saturated carbocycles. The maximum Gasteiger partial charge on any atom is 0.267 e. The number of rotatable bonds is 4. The van der Waals surface area contributed by atoms with Gasteiger partial charge in [0, 0.05) is 11.9 Å². The zero-order valence-electron chi connectivity index (χ0n) is 13.3. The van der Waals surface area contributed by atoms with Crippen LogP contribution in [-0.2, 0) is 16.6 Å². The Morgan fingerprint density at radius 2 is 2.04 bits per heavy atom. The minimum atomic E-state index is -4.06. The van der Waals surface area contributed by atoms with E-state index in [-0.39, 0.29) is 11.7 Å². The van der Waals surface area contributed by atoms with E-state index in [2.05, 4.69) is 15.5 Å². The number of carbonyl (C=O) groups excluding carboxylic acids is 1. The zero-order chi connectivity index (χ0) is 19.1. The predicted octanol–water partition coefficient (Wildman–Crippen LogP) is 0.478. The summed E-state index contributed by atoms with van der Waals surface area (Å²) in [5.41, 5.74) is -0.670. The molecule has 0 radical (unpaired) electrons. The van der Waals surface area contributed by atoms with Crippen molar-refractivity contribution in [2.75, 3.05) is 5.32 Å². The van der Waals surface area contributed by atoms with Gasteiger partial charge < -0.3 is 9.67 Å².